The number of H-pyrrole nitrogens is 1. The first kappa shape index (κ1) is 15.2. The fourth-order valence-corrected chi connectivity index (χ4v) is 3.27. The van der Waals surface area contributed by atoms with E-state index in [0.717, 1.165) is 30.1 Å². The number of thioether (sulfide) groups is 1. The van der Waals surface area contributed by atoms with Crippen molar-refractivity contribution in [1.82, 2.24) is 15.3 Å². The fourth-order valence-electron chi connectivity index (χ4n) is 2.03. The summed E-state index contributed by atoms with van der Waals surface area (Å²) in [6.45, 7) is 6.21. The van der Waals surface area contributed by atoms with Crippen LogP contribution in [0, 0.1) is 6.92 Å². The number of aromatic amines is 1. The quantitative estimate of drug-likeness (QED) is 0.589. The molecule has 2 unspecified atom stereocenters. The summed E-state index contributed by atoms with van der Waals surface area (Å²) in [7, 11) is 2.00. The van der Waals surface area contributed by atoms with Crippen molar-refractivity contribution in [2.24, 2.45) is 0 Å². The fraction of sp³-hybridized carbons (Fsp3) is 0.692. The van der Waals surface area contributed by atoms with Gasteiger partial charge in [-0.25, -0.2) is 4.98 Å². The first-order valence-corrected chi connectivity index (χ1v) is 7.40. The zero-order chi connectivity index (χ0) is 13.5. The maximum Gasteiger partial charge on any atom is 0.251 e. The molecule has 0 bridgehead atoms. The summed E-state index contributed by atoms with van der Waals surface area (Å²) in [5.74, 6) is 0. The van der Waals surface area contributed by atoms with Crippen molar-refractivity contribution >= 4 is 11.8 Å². The van der Waals surface area contributed by atoms with E-state index in [1.165, 1.54) is 6.07 Å². The molecule has 5 heteroatoms. The van der Waals surface area contributed by atoms with Gasteiger partial charge in [0.15, 0.2) is 5.16 Å². The molecule has 0 amide bonds. The van der Waals surface area contributed by atoms with E-state index in [2.05, 4.69) is 29.1 Å². The molecular formula is C13H23N3OS. The molecule has 102 valence electrons. The van der Waals surface area contributed by atoms with Gasteiger partial charge in [-0.05, 0) is 26.8 Å². The van der Waals surface area contributed by atoms with Gasteiger partial charge in [0.25, 0.3) is 5.56 Å². The normalized spacial score (nSPS) is 14.4. The summed E-state index contributed by atoms with van der Waals surface area (Å²) < 4.78 is 0. The largest absolute Gasteiger partial charge is 0.316 e. The van der Waals surface area contributed by atoms with Crippen molar-refractivity contribution in [3.05, 3.63) is 22.1 Å². The monoisotopic (exact) mass is 269 g/mol. The van der Waals surface area contributed by atoms with Crippen molar-refractivity contribution in [1.29, 1.82) is 0 Å². The van der Waals surface area contributed by atoms with Crippen LogP contribution in [0.25, 0.3) is 0 Å². The van der Waals surface area contributed by atoms with Gasteiger partial charge in [0.2, 0.25) is 0 Å². The van der Waals surface area contributed by atoms with Crippen molar-refractivity contribution in [3.8, 4) is 0 Å². The minimum absolute atomic E-state index is 0.0728. The van der Waals surface area contributed by atoms with Crippen LogP contribution in [0.4, 0.5) is 0 Å². The van der Waals surface area contributed by atoms with Crippen molar-refractivity contribution in [3.63, 3.8) is 0 Å². The van der Waals surface area contributed by atoms with Gasteiger partial charge in [0.05, 0.1) is 0 Å². The van der Waals surface area contributed by atoms with Gasteiger partial charge in [0.1, 0.15) is 0 Å². The molecule has 2 atom stereocenters. The number of nitrogens with one attached hydrogen (secondary N) is 2. The summed E-state index contributed by atoms with van der Waals surface area (Å²) in [6.07, 6.45) is 3.34. The standard InChI is InChI=1S/C13H23N3OS/c1-5-7-10(14-4)11(6-2)18-13-15-9(3)8-12(17)16-13/h8,10-11,14H,5-7H2,1-4H3,(H,15,16,17). The SMILES string of the molecule is CCCC(NC)C(CC)Sc1nc(C)cc(=O)[nH]1. The molecule has 0 saturated heterocycles. The lowest BCUT2D eigenvalue weighted by atomic mass is 10.1. The van der Waals surface area contributed by atoms with Gasteiger partial charge in [-0.1, -0.05) is 32.0 Å². The maximum absolute atomic E-state index is 11.4. The molecule has 0 saturated carbocycles. The highest BCUT2D eigenvalue weighted by molar-refractivity contribution is 7.99. The molecule has 0 aliphatic carbocycles. The second-order valence-electron chi connectivity index (χ2n) is 4.44. The van der Waals surface area contributed by atoms with E-state index in [1.54, 1.807) is 11.8 Å². The Morgan fingerprint density at radius 2 is 2.22 bits per heavy atom. The molecule has 0 spiro atoms. The van der Waals surface area contributed by atoms with Crippen molar-refractivity contribution < 1.29 is 0 Å². The van der Waals surface area contributed by atoms with E-state index in [-0.39, 0.29) is 5.56 Å². The van der Waals surface area contributed by atoms with E-state index in [0.29, 0.717) is 11.3 Å². The van der Waals surface area contributed by atoms with Gasteiger partial charge < -0.3 is 10.3 Å². The van der Waals surface area contributed by atoms with Crippen LogP contribution in [-0.4, -0.2) is 28.3 Å². The third kappa shape index (κ3) is 4.46. The molecule has 0 aromatic carbocycles. The topological polar surface area (TPSA) is 57.8 Å². The average Bonchev–Trinajstić information content (AvgIpc) is 2.32. The van der Waals surface area contributed by atoms with Gasteiger partial charge >= 0.3 is 0 Å². The highest BCUT2D eigenvalue weighted by atomic mass is 32.2. The third-order valence-electron chi connectivity index (χ3n) is 2.93. The maximum atomic E-state index is 11.4. The molecule has 1 heterocycles. The Morgan fingerprint density at radius 3 is 2.72 bits per heavy atom. The Labute approximate surface area is 113 Å². The molecule has 1 aromatic rings. The molecule has 0 aliphatic heterocycles. The Hall–Kier alpha value is -0.810. The summed E-state index contributed by atoms with van der Waals surface area (Å²) in [6, 6.07) is 1.97. The number of aromatic nitrogens is 2. The van der Waals surface area contributed by atoms with Gasteiger partial charge in [-0.3, -0.25) is 4.79 Å². The lowest BCUT2D eigenvalue weighted by Crippen LogP contribution is -2.35. The van der Waals surface area contributed by atoms with Crippen molar-refractivity contribution in [2.45, 2.75) is 56.5 Å². The highest BCUT2D eigenvalue weighted by Crippen LogP contribution is 2.25. The van der Waals surface area contributed by atoms with Crippen LogP contribution in [0.5, 0.6) is 0 Å². The van der Waals surface area contributed by atoms with E-state index < -0.39 is 0 Å². The zero-order valence-corrected chi connectivity index (χ0v) is 12.4. The Bertz CT molecular complexity index is 419. The lowest BCUT2D eigenvalue weighted by molar-refractivity contribution is 0.489. The summed E-state index contributed by atoms with van der Waals surface area (Å²) in [4.78, 5) is 18.6. The molecule has 0 fully saturated rings. The van der Waals surface area contributed by atoms with Gasteiger partial charge in [0, 0.05) is 23.1 Å². The molecule has 0 aliphatic rings. The van der Waals surface area contributed by atoms with Crippen LogP contribution in [-0.2, 0) is 0 Å². The van der Waals surface area contributed by atoms with Gasteiger partial charge in [-0.2, -0.15) is 0 Å². The van der Waals surface area contributed by atoms with E-state index in [9.17, 15) is 4.79 Å². The van der Waals surface area contributed by atoms with Crippen LogP contribution in [0.15, 0.2) is 16.0 Å². The van der Waals surface area contributed by atoms with Crippen LogP contribution in [0.2, 0.25) is 0 Å². The lowest BCUT2D eigenvalue weighted by Gasteiger charge is -2.24. The van der Waals surface area contributed by atoms with E-state index in [1.807, 2.05) is 14.0 Å². The Morgan fingerprint density at radius 1 is 1.50 bits per heavy atom. The molecule has 1 aromatic heterocycles. The number of hydrogen-bond acceptors (Lipinski definition) is 4. The summed E-state index contributed by atoms with van der Waals surface area (Å²) in [5.41, 5.74) is 0.698. The Balaban J connectivity index is 2.81. The second-order valence-corrected chi connectivity index (χ2v) is 5.67. The van der Waals surface area contributed by atoms with Crippen molar-refractivity contribution in [2.75, 3.05) is 7.05 Å². The minimum atomic E-state index is -0.0728. The molecular weight excluding hydrogens is 246 g/mol. The van der Waals surface area contributed by atoms with E-state index >= 15 is 0 Å². The van der Waals surface area contributed by atoms with Crippen LogP contribution < -0.4 is 10.9 Å². The molecule has 18 heavy (non-hydrogen) atoms. The zero-order valence-electron chi connectivity index (χ0n) is 11.6. The van der Waals surface area contributed by atoms with Crippen LogP contribution in [0.1, 0.15) is 38.8 Å². The number of rotatable bonds is 7. The van der Waals surface area contributed by atoms with Crippen LogP contribution >= 0.6 is 11.8 Å². The van der Waals surface area contributed by atoms with Gasteiger partial charge in [-0.15, -0.1) is 0 Å². The summed E-state index contributed by atoms with van der Waals surface area (Å²) in [5, 5.41) is 4.52. The molecule has 4 nitrogen and oxygen atoms in total. The molecule has 1 rings (SSSR count). The molecule has 2 N–H and O–H groups in total. The minimum Gasteiger partial charge on any atom is -0.316 e. The third-order valence-corrected chi connectivity index (χ3v) is 4.31. The number of nitrogens with zero attached hydrogens (tertiary/aromatic N) is 1. The average molecular weight is 269 g/mol. The second kappa shape index (κ2) is 7.59. The predicted octanol–water partition coefficient (Wildman–Crippen LogP) is 2.34. The van der Waals surface area contributed by atoms with Crippen LogP contribution in [0.3, 0.4) is 0 Å². The first-order valence-electron chi connectivity index (χ1n) is 6.52. The van der Waals surface area contributed by atoms with E-state index in [4.69, 9.17) is 0 Å². The number of hydrogen-bond donors (Lipinski definition) is 2. The first-order chi connectivity index (χ1) is 8.60. The summed E-state index contributed by atoms with van der Waals surface area (Å²) >= 11 is 1.66. The number of aryl methyl sites for hydroxylation is 1. The molecule has 0 radical (unpaired) electrons. The smallest absolute Gasteiger partial charge is 0.251 e. The Kier molecular flexibility index (Phi) is 6.43. The highest BCUT2D eigenvalue weighted by Gasteiger charge is 2.19. The predicted molar refractivity (Wildman–Crippen MR) is 77.3 cm³/mol.